The zero-order valence-corrected chi connectivity index (χ0v) is 8.47. The van der Waals surface area contributed by atoms with Crippen LogP contribution in [0.2, 0.25) is 0 Å². The molecule has 2 N–H and O–H groups in total. The van der Waals surface area contributed by atoms with Gasteiger partial charge in [0.05, 0.1) is 6.61 Å². The summed E-state index contributed by atoms with van der Waals surface area (Å²) in [5.41, 5.74) is 0. The van der Waals surface area contributed by atoms with Gasteiger partial charge >= 0.3 is 0 Å². The lowest BCUT2D eigenvalue weighted by molar-refractivity contribution is 0.129. The zero-order chi connectivity index (χ0) is 9.52. The van der Waals surface area contributed by atoms with E-state index in [0.717, 1.165) is 31.6 Å². The lowest BCUT2D eigenvalue weighted by atomic mass is 10.5. The van der Waals surface area contributed by atoms with Crippen LogP contribution in [0, 0.1) is 5.92 Å². The first kappa shape index (κ1) is 10.3. The van der Waals surface area contributed by atoms with Gasteiger partial charge in [-0.15, -0.1) is 0 Å². The summed E-state index contributed by atoms with van der Waals surface area (Å²) in [6.45, 7) is 2.51. The molecule has 0 radical (unpaired) electrons. The standard InChI is InChI=1S/C9H19N3O/c1-10-9(11-2)12-5-6-13-7-8-3-4-8/h8H,3-7H2,1-2H3,(H2,10,11,12). The number of hydrogen-bond donors (Lipinski definition) is 2. The van der Waals surface area contributed by atoms with Gasteiger partial charge < -0.3 is 15.4 Å². The van der Waals surface area contributed by atoms with Gasteiger partial charge in [-0.3, -0.25) is 4.99 Å². The third-order valence-corrected chi connectivity index (χ3v) is 2.05. The van der Waals surface area contributed by atoms with Crippen molar-refractivity contribution in [1.29, 1.82) is 0 Å². The van der Waals surface area contributed by atoms with Crippen LogP contribution in [0.4, 0.5) is 0 Å². The van der Waals surface area contributed by atoms with E-state index in [1.807, 2.05) is 7.05 Å². The second kappa shape index (κ2) is 5.80. The molecule has 0 spiro atoms. The SMILES string of the molecule is CN=C(NC)NCCOCC1CC1. The predicted octanol–water partition coefficient (Wildman–Crippen LogP) is 0.208. The lowest BCUT2D eigenvalue weighted by Crippen LogP contribution is -2.36. The van der Waals surface area contributed by atoms with Gasteiger partial charge in [-0.25, -0.2) is 0 Å². The van der Waals surface area contributed by atoms with E-state index in [1.54, 1.807) is 7.05 Å². The average Bonchev–Trinajstić information content (AvgIpc) is 2.95. The number of ether oxygens (including phenoxy) is 1. The zero-order valence-electron chi connectivity index (χ0n) is 8.47. The van der Waals surface area contributed by atoms with E-state index < -0.39 is 0 Å². The minimum absolute atomic E-state index is 0.761. The Morgan fingerprint density at radius 3 is 2.85 bits per heavy atom. The Morgan fingerprint density at radius 1 is 1.54 bits per heavy atom. The lowest BCUT2D eigenvalue weighted by Gasteiger charge is -2.08. The van der Waals surface area contributed by atoms with Crippen LogP contribution in [0.5, 0.6) is 0 Å². The van der Waals surface area contributed by atoms with Crippen LogP contribution in [0.25, 0.3) is 0 Å². The number of nitrogens with zero attached hydrogens (tertiary/aromatic N) is 1. The Labute approximate surface area is 79.8 Å². The van der Waals surface area contributed by atoms with Crippen molar-refractivity contribution in [2.24, 2.45) is 10.9 Å². The minimum atomic E-state index is 0.761. The Hall–Kier alpha value is -0.770. The highest BCUT2D eigenvalue weighted by atomic mass is 16.5. The molecule has 13 heavy (non-hydrogen) atoms. The van der Waals surface area contributed by atoms with E-state index in [0.29, 0.717) is 0 Å². The summed E-state index contributed by atoms with van der Waals surface area (Å²) in [6, 6.07) is 0. The van der Waals surface area contributed by atoms with Crippen LogP contribution in [-0.2, 0) is 4.74 Å². The molecule has 1 rings (SSSR count). The highest BCUT2D eigenvalue weighted by Gasteiger charge is 2.20. The van der Waals surface area contributed by atoms with Crippen molar-refractivity contribution < 1.29 is 4.74 Å². The van der Waals surface area contributed by atoms with Gasteiger partial charge in [0.15, 0.2) is 5.96 Å². The van der Waals surface area contributed by atoms with E-state index in [9.17, 15) is 0 Å². The highest BCUT2D eigenvalue weighted by molar-refractivity contribution is 5.79. The molecular formula is C9H19N3O. The van der Waals surface area contributed by atoms with Gasteiger partial charge in [0.2, 0.25) is 0 Å². The van der Waals surface area contributed by atoms with Crippen molar-refractivity contribution in [3.8, 4) is 0 Å². The number of nitrogens with one attached hydrogen (secondary N) is 2. The second-order valence-electron chi connectivity index (χ2n) is 3.27. The Kier molecular flexibility index (Phi) is 4.60. The van der Waals surface area contributed by atoms with E-state index in [2.05, 4.69) is 15.6 Å². The Bertz CT molecular complexity index is 166. The molecule has 0 aromatic rings. The highest BCUT2D eigenvalue weighted by Crippen LogP contribution is 2.28. The molecule has 0 unspecified atom stereocenters. The largest absolute Gasteiger partial charge is 0.379 e. The summed E-state index contributed by atoms with van der Waals surface area (Å²) in [4.78, 5) is 3.99. The van der Waals surface area contributed by atoms with Crippen molar-refractivity contribution in [2.45, 2.75) is 12.8 Å². The van der Waals surface area contributed by atoms with E-state index in [4.69, 9.17) is 4.74 Å². The van der Waals surface area contributed by atoms with Gasteiger partial charge in [0.25, 0.3) is 0 Å². The fourth-order valence-corrected chi connectivity index (χ4v) is 1.06. The minimum Gasteiger partial charge on any atom is -0.379 e. The molecule has 0 saturated heterocycles. The first-order valence-corrected chi connectivity index (χ1v) is 4.83. The molecule has 1 saturated carbocycles. The summed E-state index contributed by atoms with van der Waals surface area (Å²) in [5.74, 6) is 1.67. The third-order valence-electron chi connectivity index (χ3n) is 2.05. The van der Waals surface area contributed by atoms with Gasteiger partial charge in [-0.05, 0) is 18.8 Å². The van der Waals surface area contributed by atoms with E-state index in [-0.39, 0.29) is 0 Å². The molecule has 1 aliphatic rings. The molecule has 0 heterocycles. The maximum Gasteiger partial charge on any atom is 0.190 e. The van der Waals surface area contributed by atoms with Crippen LogP contribution < -0.4 is 10.6 Å². The Balaban J connectivity index is 1.87. The van der Waals surface area contributed by atoms with Crippen LogP contribution in [-0.4, -0.2) is 39.8 Å². The van der Waals surface area contributed by atoms with Gasteiger partial charge in [0, 0.05) is 27.2 Å². The molecular weight excluding hydrogens is 166 g/mol. The summed E-state index contributed by atoms with van der Waals surface area (Å²) in [5, 5.41) is 6.07. The fourth-order valence-electron chi connectivity index (χ4n) is 1.06. The van der Waals surface area contributed by atoms with Crippen LogP contribution in [0.15, 0.2) is 4.99 Å². The first-order valence-electron chi connectivity index (χ1n) is 4.83. The average molecular weight is 185 g/mol. The van der Waals surface area contributed by atoms with Gasteiger partial charge in [-0.2, -0.15) is 0 Å². The molecule has 0 bridgehead atoms. The molecule has 76 valence electrons. The molecule has 4 heteroatoms. The monoisotopic (exact) mass is 185 g/mol. The molecule has 0 atom stereocenters. The molecule has 1 aliphatic carbocycles. The van der Waals surface area contributed by atoms with Crippen molar-refractivity contribution in [2.75, 3.05) is 33.9 Å². The molecule has 0 amide bonds. The third kappa shape index (κ3) is 4.72. The number of hydrogen-bond acceptors (Lipinski definition) is 2. The Morgan fingerprint density at radius 2 is 2.31 bits per heavy atom. The van der Waals surface area contributed by atoms with Crippen LogP contribution in [0.1, 0.15) is 12.8 Å². The molecule has 0 aliphatic heterocycles. The second-order valence-corrected chi connectivity index (χ2v) is 3.27. The van der Waals surface area contributed by atoms with E-state index in [1.165, 1.54) is 12.8 Å². The van der Waals surface area contributed by atoms with Gasteiger partial charge in [0.1, 0.15) is 0 Å². The molecule has 0 aromatic heterocycles. The summed E-state index contributed by atoms with van der Waals surface area (Å²) in [7, 11) is 3.60. The van der Waals surface area contributed by atoms with Crippen molar-refractivity contribution in [1.82, 2.24) is 10.6 Å². The molecule has 4 nitrogen and oxygen atoms in total. The quantitative estimate of drug-likeness (QED) is 0.365. The summed E-state index contributed by atoms with van der Waals surface area (Å²) in [6.07, 6.45) is 2.71. The number of rotatable bonds is 5. The number of aliphatic imine (C=N–C) groups is 1. The topological polar surface area (TPSA) is 45.7 Å². The van der Waals surface area contributed by atoms with E-state index >= 15 is 0 Å². The number of guanidine groups is 1. The first-order chi connectivity index (χ1) is 6.36. The predicted molar refractivity (Wildman–Crippen MR) is 54.0 cm³/mol. The smallest absolute Gasteiger partial charge is 0.190 e. The summed E-state index contributed by atoms with van der Waals surface area (Å²) >= 11 is 0. The molecule has 0 aromatic carbocycles. The fraction of sp³-hybridized carbons (Fsp3) is 0.889. The van der Waals surface area contributed by atoms with Crippen LogP contribution in [0.3, 0.4) is 0 Å². The molecule has 1 fully saturated rings. The van der Waals surface area contributed by atoms with Crippen LogP contribution >= 0.6 is 0 Å². The maximum absolute atomic E-state index is 5.45. The van der Waals surface area contributed by atoms with Gasteiger partial charge in [-0.1, -0.05) is 0 Å². The van der Waals surface area contributed by atoms with Crippen molar-refractivity contribution in [3.05, 3.63) is 0 Å². The van der Waals surface area contributed by atoms with Crippen molar-refractivity contribution in [3.63, 3.8) is 0 Å². The van der Waals surface area contributed by atoms with Crippen molar-refractivity contribution >= 4 is 5.96 Å². The normalized spacial score (nSPS) is 17.2. The maximum atomic E-state index is 5.45. The summed E-state index contributed by atoms with van der Waals surface area (Å²) < 4.78 is 5.45.